The molecule has 8 nitrogen and oxygen atoms in total. The van der Waals surface area contributed by atoms with Gasteiger partial charge in [-0.15, -0.1) is 0 Å². The molecule has 0 spiro atoms. The van der Waals surface area contributed by atoms with Crippen LogP contribution in [0.3, 0.4) is 0 Å². The summed E-state index contributed by atoms with van der Waals surface area (Å²) in [7, 11) is 3.35. The molecule has 0 aromatic heterocycles. The molecule has 4 amide bonds. The van der Waals surface area contributed by atoms with E-state index in [1.807, 2.05) is 0 Å². The van der Waals surface area contributed by atoms with Gasteiger partial charge in [0.05, 0.1) is 0 Å². The molecular formula is C19H31N3O5. The third kappa shape index (κ3) is 8.23. The maximum absolute atomic E-state index is 12.1. The molecule has 0 aromatic carbocycles. The van der Waals surface area contributed by atoms with Crippen molar-refractivity contribution in [3.8, 4) is 0 Å². The van der Waals surface area contributed by atoms with Crippen molar-refractivity contribution in [2.24, 2.45) is 0 Å². The van der Waals surface area contributed by atoms with Gasteiger partial charge in [-0.3, -0.25) is 19.3 Å². The van der Waals surface area contributed by atoms with Crippen LogP contribution >= 0.6 is 0 Å². The second kappa shape index (κ2) is 10.1. The van der Waals surface area contributed by atoms with Gasteiger partial charge in [0.15, 0.2) is 0 Å². The number of likely N-dealkylation sites (N-methyl/N-ethyl adjacent to an activating group) is 2. The minimum atomic E-state index is -0.548. The fraction of sp³-hybridized carbons (Fsp3) is 0.684. The van der Waals surface area contributed by atoms with Crippen molar-refractivity contribution in [3.63, 3.8) is 0 Å². The van der Waals surface area contributed by atoms with Gasteiger partial charge in [0.2, 0.25) is 5.91 Å². The summed E-state index contributed by atoms with van der Waals surface area (Å²) in [4.78, 5) is 51.1. The normalized spacial score (nSPS) is 13.9. The van der Waals surface area contributed by atoms with Crippen LogP contribution < -0.4 is 0 Å². The van der Waals surface area contributed by atoms with Gasteiger partial charge in [-0.1, -0.05) is 6.42 Å². The number of imide groups is 1. The number of amides is 4. The lowest BCUT2D eigenvalue weighted by atomic mass is 10.1. The van der Waals surface area contributed by atoms with Gasteiger partial charge in [-0.05, 0) is 33.6 Å². The monoisotopic (exact) mass is 381 g/mol. The van der Waals surface area contributed by atoms with Crippen molar-refractivity contribution in [1.29, 1.82) is 0 Å². The van der Waals surface area contributed by atoms with Crippen LogP contribution in [0.1, 0.15) is 46.5 Å². The van der Waals surface area contributed by atoms with Gasteiger partial charge in [0.25, 0.3) is 11.8 Å². The largest absolute Gasteiger partial charge is 0.444 e. The Morgan fingerprint density at radius 2 is 1.52 bits per heavy atom. The lowest BCUT2D eigenvalue weighted by Crippen LogP contribution is -2.39. The van der Waals surface area contributed by atoms with Gasteiger partial charge in [-0.25, -0.2) is 4.79 Å². The molecule has 0 N–H and O–H groups in total. The zero-order chi connectivity index (χ0) is 20.6. The van der Waals surface area contributed by atoms with E-state index in [4.69, 9.17) is 4.74 Å². The Kier molecular flexibility index (Phi) is 8.46. The van der Waals surface area contributed by atoms with E-state index in [9.17, 15) is 19.2 Å². The Bertz CT molecular complexity index is 577. The molecule has 0 atom stereocenters. The van der Waals surface area contributed by atoms with Crippen LogP contribution in [-0.4, -0.2) is 77.8 Å². The quantitative estimate of drug-likeness (QED) is 0.449. The Labute approximate surface area is 161 Å². The molecule has 0 fully saturated rings. The smallest absolute Gasteiger partial charge is 0.410 e. The standard InChI is InChI=1S/C19H31N3O5/c1-19(2,3)27-18(26)21(5)14-13-20(4)15(23)9-7-6-8-12-22-16(24)10-11-17(22)25/h10-11H,6-9,12-14H2,1-5H3. The molecule has 8 heteroatoms. The lowest BCUT2D eigenvalue weighted by molar-refractivity contribution is -0.137. The molecule has 1 aliphatic heterocycles. The maximum Gasteiger partial charge on any atom is 0.410 e. The molecule has 0 radical (unpaired) electrons. The van der Waals surface area contributed by atoms with Gasteiger partial charge >= 0.3 is 6.09 Å². The highest BCUT2D eigenvalue weighted by molar-refractivity contribution is 6.12. The predicted molar refractivity (Wildman–Crippen MR) is 101 cm³/mol. The van der Waals surface area contributed by atoms with E-state index >= 15 is 0 Å². The maximum atomic E-state index is 12.1. The van der Waals surface area contributed by atoms with Gasteiger partial charge in [-0.2, -0.15) is 0 Å². The van der Waals surface area contributed by atoms with Crippen molar-refractivity contribution in [1.82, 2.24) is 14.7 Å². The number of ether oxygens (including phenoxy) is 1. The second-order valence-electron chi connectivity index (χ2n) is 7.69. The first kappa shape index (κ1) is 22.7. The first-order valence-corrected chi connectivity index (χ1v) is 9.23. The first-order valence-electron chi connectivity index (χ1n) is 9.23. The zero-order valence-electron chi connectivity index (χ0n) is 17.0. The van der Waals surface area contributed by atoms with E-state index in [1.165, 1.54) is 22.0 Å². The second-order valence-corrected chi connectivity index (χ2v) is 7.69. The molecule has 0 saturated heterocycles. The fourth-order valence-electron chi connectivity index (χ4n) is 2.42. The summed E-state index contributed by atoms with van der Waals surface area (Å²) in [5, 5.41) is 0. The average Bonchev–Trinajstić information content (AvgIpc) is 2.88. The predicted octanol–water partition coefficient (Wildman–Crippen LogP) is 1.80. The highest BCUT2D eigenvalue weighted by atomic mass is 16.6. The van der Waals surface area contributed by atoms with E-state index in [0.29, 0.717) is 38.9 Å². The van der Waals surface area contributed by atoms with E-state index < -0.39 is 11.7 Å². The molecule has 1 aliphatic rings. The first-order chi connectivity index (χ1) is 12.5. The molecule has 0 aliphatic carbocycles. The number of nitrogens with zero attached hydrogens (tertiary/aromatic N) is 3. The van der Waals surface area contributed by atoms with Crippen LogP contribution in [-0.2, 0) is 19.1 Å². The van der Waals surface area contributed by atoms with Crippen molar-refractivity contribution < 1.29 is 23.9 Å². The van der Waals surface area contributed by atoms with Crippen molar-refractivity contribution in [2.75, 3.05) is 33.7 Å². The Balaban J connectivity index is 2.18. The van der Waals surface area contributed by atoms with E-state index in [0.717, 1.165) is 6.42 Å². The molecule has 152 valence electrons. The van der Waals surface area contributed by atoms with Crippen LogP contribution in [0.5, 0.6) is 0 Å². The molecular weight excluding hydrogens is 350 g/mol. The fourth-order valence-corrected chi connectivity index (χ4v) is 2.42. The van der Waals surface area contributed by atoms with E-state index in [2.05, 4.69) is 0 Å². The summed E-state index contributed by atoms with van der Waals surface area (Å²) < 4.78 is 5.27. The molecule has 1 rings (SSSR count). The van der Waals surface area contributed by atoms with Crippen LogP contribution in [0.15, 0.2) is 12.2 Å². The number of rotatable bonds is 9. The number of carbonyl (C=O) groups is 4. The van der Waals surface area contributed by atoms with E-state index in [-0.39, 0.29) is 17.7 Å². The summed E-state index contributed by atoms with van der Waals surface area (Å²) in [6, 6.07) is 0. The summed E-state index contributed by atoms with van der Waals surface area (Å²) in [6.45, 7) is 6.62. The third-order valence-corrected chi connectivity index (χ3v) is 4.07. The number of carbonyl (C=O) groups excluding carboxylic acids is 4. The summed E-state index contributed by atoms with van der Waals surface area (Å²) in [5.74, 6) is -0.544. The number of hydrogen-bond acceptors (Lipinski definition) is 5. The van der Waals surface area contributed by atoms with Crippen LogP contribution in [0.25, 0.3) is 0 Å². The van der Waals surface area contributed by atoms with Crippen LogP contribution in [0, 0.1) is 0 Å². The molecule has 0 bridgehead atoms. The Hall–Kier alpha value is -2.38. The van der Waals surface area contributed by atoms with Crippen molar-refractivity contribution in [2.45, 2.75) is 52.1 Å². The highest BCUT2D eigenvalue weighted by Crippen LogP contribution is 2.10. The zero-order valence-corrected chi connectivity index (χ0v) is 17.0. The van der Waals surface area contributed by atoms with Gasteiger partial charge < -0.3 is 14.5 Å². The Morgan fingerprint density at radius 3 is 2.07 bits per heavy atom. The third-order valence-electron chi connectivity index (χ3n) is 4.07. The van der Waals surface area contributed by atoms with Gasteiger partial charge in [0.1, 0.15) is 5.60 Å². The summed E-state index contributed by atoms with van der Waals surface area (Å²) >= 11 is 0. The van der Waals surface area contributed by atoms with Crippen LogP contribution in [0.4, 0.5) is 4.79 Å². The van der Waals surface area contributed by atoms with Gasteiger partial charge in [0, 0.05) is 52.3 Å². The molecule has 0 saturated carbocycles. The Morgan fingerprint density at radius 1 is 0.963 bits per heavy atom. The molecule has 0 aromatic rings. The minimum absolute atomic E-state index is 0.00239. The SMILES string of the molecule is CN(CCN(C)C(=O)OC(C)(C)C)C(=O)CCCCCN1C(=O)C=CC1=O. The van der Waals surface area contributed by atoms with Crippen molar-refractivity contribution >= 4 is 23.8 Å². The number of hydrogen-bond donors (Lipinski definition) is 0. The summed E-state index contributed by atoms with van der Waals surface area (Å²) in [6.07, 6.45) is 4.65. The average molecular weight is 381 g/mol. The van der Waals surface area contributed by atoms with Crippen LogP contribution in [0.2, 0.25) is 0 Å². The summed E-state index contributed by atoms with van der Waals surface area (Å²) in [5.41, 5.74) is -0.548. The lowest BCUT2D eigenvalue weighted by Gasteiger charge is -2.26. The minimum Gasteiger partial charge on any atom is -0.444 e. The number of unbranched alkanes of at least 4 members (excludes halogenated alkanes) is 2. The molecule has 0 unspecified atom stereocenters. The molecule has 27 heavy (non-hydrogen) atoms. The van der Waals surface area contributed by atoms with Crippen molar-refractivity contribution in [3.05, 3.63) is 12.2 Å². The topological polar surface area (TPSA) is 87.2 Å². The highest BCUT2D eigenvalue weighted by Gasteiger charge is 2.22. The molecule has 1 heterocycles. The van der Waals surface area contributed by atoms with E-state index in [1.54, 1.807) is 39.8 Å².